The minimum absolute atomic E-state index is 0.0115. The Balaban J connectivity index is 2.22. The number of hydrogen-bond donors (Lipinski definition) is 1. The SMILES string of the molecule is CC(C)c1ccc(C(C)(C)c2ccc(OC(C)(C)CO)cc2)cc1. The lowest BCUT2D eigenvalue weighted by molar-refractivity contribution is 0.0412. The van der Waals surface area contributed by atoms with Crippen molar-refractivity contribution in [3.8, 4) is 5.75 Å². The van der Waals surface area contributed by atoms with E-state index in [-0.39, 0.29) is 12.0 Å². The fraction of sp³-hybridized carbons (Fsp3) is 0.455. The molecule has 2 aromatic carbocycles. The predicted octanol–water partition coefficient (Wildman–Crippen LogP) is 5.29. The van der Waals surface area contributed by atoms with Crippen LogP contribution in [0.3, 0.4) is 0 Å². The van der Waals surface area contributed by atoms with Crippen LogP contribution < -0.4 is 4.74 Å². The third kappa shape index (κ3) is 4.18. The summed E-state index contributed by atoms with van der Waals surface area (Å²) in [5.41, 5.74) is 3.28. The number of benzene rings is 2. The van der Waals surface area contributed by atoms with Crippen LogP contribution in [0.25, 0.3) is 0 Å². The Morgan fingerprint density at radius 2 is 1.29 bits per heavy atom. The van der Waals surface area contributed by atoms with Crippen molar-refractivity contribution in [2.24, 2.45) is 0 Å². The molecule has 0 aliphatic carbocycles. The molecular weight excluding hydrogens is 296 g/mol. The van der Waals surface area contributed by atoms with Crippen molar-refractivity contribution in [1.82, 2.24) is 0 Å². The van der Waals surface area contributed by atoms with Crippen molar-refractivity contribution in [2.75, 3.05) is 6.61 Å². The van der Waals surface area contributed by atoms with E-state index in [9.17, 15) is 5.11 Å². The van der Waals surface area contributed by atoms with E-state index >= 15 is 0 Å². The molecule has 0 aliphatic rings. The highest BCUT2D eigenvalue weighted by Crippen LogP contribution is 2.33. The largest absolute Gasteiger partial charge is 0.485 e. The Kier molecular flexibility index (Phi) is 5.39. The molecule has 1 N–H and O–H groups in total. The van der Waals surface area contributed by atoms with Crippen molar-refractivity contribution < 1.29 is 9.84 Å². The Bertz CT molecular complexity index is 649. The quantitative estimate of drug-likeness (QED) is 0.782. The van der Waals surface area contributed by atoms with Gasteiger partial charge in [-0.05, 0) is 48.6 Å². The first kappa shape index (κ1) is 18.5. The Morgan fingerprint density at radius 1 is 0.833 bits per heavy atom. The molecule has 24 heavy (non-hydrogen) atoms. The Labute approximate surface area is 146 Å². The van der Waals surface area contributed by atoms with Crippen LogP contribution in [0.15, 0.2) is 48.5 Å². The summed E-state index contributed by atoms with van der Waals surface area (Å²) in [7, 11) is 0. The first-order chi connectivity index (χ1) is 11.2. The number of hydrogen-bond acceptors (Lipinski definition) is 2. The van der Waals surface area contributed by atoms with E-state index in [0.717, 1.165) is 5.75 Å². The second-order valence-corrected chi connectivity index (χ2v) is 7.95. The average Bonchev–Trinajstić information content (AvgIpc) is 2.55. The van der Waals surface area contributed by atoms with E-state index in [1.54, 1.807) is 0 Å². The smallest absolute Gasteiger partial charge is 0.126 e. The molecular formula is C22H30O2. The maximum atomic E-state index is 9.32. The molecule has 0 radical (unpaired) electrons. The maximum absolute atomic E-state index is 9.32. The minimum atomic E-state index is -0.566. The first-order valence-corrected chi connectivity index (χ1v) is 8.66. The lowest BCUT2D eigenvalue weighted by atomic mass is 9.77. The molecule has 0 spiro atoms. The molecule has 130 valence electrons. The molecule has 2 aromatic rings. The molecule has 0 saturated heterocycles. The van der Waals surface area contributed by atoms with Crippen LogP contribution in [-0.2, 0) is 5.41 Å². The topological polar surface area (TPSA) is 29.5 Å². The normalized spacial score (nSPS) is 12.5. The van der Waals surface area contributed by atoms with Crippen LogP contribution in [0.2, 0.25) is 0 Å². The summed E-state index contributed by atoms with van der Waals surface area (Å²) >= 11 is 0. The molecule has 0 aliphatic heterocycles. The highest BCUT2D eigenvalue weighted by atomic mass is 16.5. The highest BCUT2D eigenvalue weighted by molar-refractivity contribution is 5.41. The van der Waals surface area contributed by atoms with Gasteiger partial charge in [-0.2, -0.15) is 0 Å². The van der Waals surface area contributed by atoms with Gasteiger partial charge in [0.1, 0.15) is 11.4 Å². The summed E-state index contributed by atoms with van der Waals surface area (Å²) in [5.74, 6) is 1.33. The Morgan fingerprint density at radius 3 is 1.71 bits per heavy atom. The molecule has 0 amide bonds. The standard InChI is InChI=1S/C22H30O2/c1-16(2)17-7-9-18(10-8-17)22(5,6)19-11-13-20(14-12-19)24-21(3,4)15-23/h7-14,16,23H,15H2,1-6H3. The van der Waals surface area contributed by atoms with Crippen molar-refractivity contribution in [3.63, 3.8) is 0 Å². The fourth-order valence-electron chi connectivity index (χ4n) is 2.74. The van der Waals surface area contributed by atoms with Crippen LogP contribution in [0.4, 0.5) is 0 Å². The molecule has 0 heterocycles. The monoisotopic (exact) mass is 326 g/mol. The fourth-order valence-corrected chi connectivity index (χ4v) is 2.74. The van der Waals surface area contributed by atoms with Gasteiger partial charge in [0, 0.05) is 5.41 Å². The second-order valence-electron chi connectivity index (χ2n) is 7.95. The number of ether oxygens (including phenoxy) is 1. The first-order valence-electron chi connectivity index (χ1n) is 8.66. The highest BCUT2D eigenvalue weighted by Gasteiger charge is 2.24. The zero-order valence-corrected chi connectivity index (χ0v) is 15.8. The maximum Gasteiger partial charge on any atom is 0.126 e. The van der Waals surface area contributed by atoms with E-state index in [4.69, 9.17) is 4.74 Å². The van der Waals surface area contributed by atoms with Crippen LogP contribution in [-0.4, -0.2) is 17.3 Å². The summed E-state index contributed by atoms with van der Waals surface area (Å²) in [4.78, 5) is 0. The van der Waals surface area contributed by atoms with Gasteiger partial charge in [0.2, 0.25) is 0 Å². The zero-order chi connectivity index (χ0) is 18.0. The summed E-state index contributed by atoms with van der Waals surface area (Å²) < 4.78 is 5.82. The Hall–Kier alpha value is -1.80. The van der Waals surface area contributed by atoms with E-state index < -0.39 is 5.60 Å². The van der Waals surface area contributed by atoms with Crippen LogP contribution in [0.5, 0.6) is 5.75 Å². The van der Waals surface area contributed by atoms with Crippen LogP contribution >= 0.6 is 0 Å². The van der Waals surface area contributed by atoms with Crippen molar-refractivity contribution in [1.29, 1.82) is 0 Å². The summed E-state index contributed by atoms with van der Waals surface area (Å²) in [6.07, 6.45) is 0. The van der Waals surface area contributed by atoms with Gasteiger partial charge in [-0.3, -0.25) is 0 Å². The van der Waals surface area contributed by atoms with Crippen LogP contribution in [0.1, 0.15) is 64.2 Å². The third-order valence-electron chi connectivity index (χ3n) is 4.65. The van der Waals surface area contributed by atoms with Gasteiger partial charge < -0.3 is 9.84 Å². The molecule has 2 nitrogen and oxygen atoms in total. The van der Waals surface area contributed by atoms with Gasteiger partial charge in [0.25, 0.3) is 0 Å². The van der Waals surface area contributed by atoms with E-state index in [1.165, 1.54) is 16.7 Å². The van der Waals surface area contributed by atoms with Gasteiger partial charge in [0.15, 0.2) is 0 Å². The summed E-state index contributed by atoms with van der Waals surface area (Å²) in [6.45, 7) is 12.7. The van der Waals surface area contributed by atoms with E-state index in [2.05, 4.69) is 64.1 Å². The number of aliphatic hydroxyl groups is 1. The zero-order valence-electron chi connectivity index (χ0n) is 15.8. The second kappa shape index (κ2) is 6.98. The van der Waals surface area contributed by atoms with E-state index in [0.29, 0.717) is 5.92 Å². The van der Waals surface area contributed by atoms with Gasteiger partial charge >= 0.3 is 0 Å². The molecule has 0 bridgehead atoms. The minimum Gasteiger partial charge on any atom is -0.485 e. The third-order valence-corrected chi connectivity index (χ3v) is 4.65. The number of rotatable bonds is 6. The van der Waals surface area contributed by atoms with E-state index in [1.807, 2.05) is 26.0 Å². The van der Waals surface area contributed by atoms with Gasteiger partial charge in [-0.25, -0.2) is 0 Å². The number of aliphatic hydroxyl groups excluding tert-OH is 1. The summed E-state index contributed by atoms with van der Waals surface area (Å²) in [6, 6.07) is 17.1. The molecule has 2 rings (SSSR count). The molecule has 0 fully saturated rings. The molecule has 0 aromatic heterocycles. The lowest BCUT2D eigenvalue weighted by Crippen LogP contribution is -2.32. The molecule has 0 atom stereocenters. The van der Waals surface area contributed by atoms with Gasteiger partial charge in [-0.1, -0.05) is 64.1 Å². The van der Waals surface area contributed by atoms with Crippen molar-refractivity contribution in [2.45, 2.75) is 58.5 Å². The summed E-state index contributed by atoms with van der Waals surface area (Å²) in [5, 5.41) is 9.32. The van der Waals surface area contributed by atoms with Crippen molar-refractivity contribution in [3.05, 3.63) is 65.2 Å². The van der Waals surface area contributed by atoms with Crippen LogP contribution in [0, 0.1) is 0 Å². The molecule has 0 unspecified atom stereocenters. The lowest BCUT2D eigenvalue weighted by Gasteiger charge is -2.28. The molecule has 2 heteroatoms. The average molecular weight is 326 g/mol. The predicted molar refractivity (Wildman–Crippen MR) is 101 cm³/mol. The molecule has 0 saturated carbocycles. The van der Waals surface area contributed by atoms with Gasteiger partial charge in [-0.15, -0.1) is 0 Å². The van der Waals surface area contributed by atoms with Crippen molar-refractivity contribution >= 4 is 0 Å². The van der Waals surface area contributed by atoms with Gasteiger partial charge in [0.05, 0.1) is 6.61 Å².